The lowest BCUT2D eigenvalue weighted by molar-refractivity contribution is -0.173. The highest BCUT2D eigenvalue weighted by Crippen LogP contribution is 2.20. The molecule has 0 radical (unpaired) electrons. The summed E-state index contributed by atoms with van der Waals surface area (Å²) in [6, 6.07) is 0. The monoisotopic (exact) mass is 229 g/mol. The van der Waals surface area contributed by atoms with Crippen LogP contribution in [0.2, 0.25) is 0 Å². The number of aromatic nitrogens is 1. The smallest absolute Gasteiger partial charge is 0.438 e. The lowest BCUT2D eigenvalue weighted by Crippen LogP contribution is -2.16. The molecule has 0 bridgehead atoms. The van der Waals surface area contributed by atoms with Crippen LogP contribution < -0.4 is 0 Å². The average molecular weight is 229 g/mol. The number of ether oxygens (including phenoxy) is 3. The van der Waals surface area contributed by atoms with E-state index < -0.39 is 18.4 Å². The highest BCUT2D eigenvalue weighted by atomic mass is 16.8. The normalized spacial score (nSPS) is 11.7. The van der Waals surface area contributed by atoms with Gasteiger partial charge in [-0.15, -0.1) is 0 Å². The van der Waals surface area contributed by atoms with Gasteiger partial charge in [0, 0.05) is 13.8 Å². The zero-order valence-corrected chi connectivity index (χ0v) is 9.05. The molecule has 0 N–H and O–H groups in total. The Morgan fingerprint density at radius 2 is 2.12 bits per heavy atom. The number of esters is 1. The topological polar surface area (TPSA) is 87.9 Å². The maximum Gasteiger partial charge on any atom is 0.511 e. The van der Waals surface area contributed by atoms with Gasteiger partial charge in [0.05, 0.1) is 13.3 Å². The number of oxazole rings is 1. The highest BCUT2D eigenvalue weighted by molar-refractivity contribution is 5.66. The van der Waals surface area contributed by atoms with E-state index in [2.05, 4.69) is 14.5 Å². The molecule has 16 heavy (non-hydrogen) atoms. The molecular weight excluding hydrogens is 218 g/mol. The van der Waals surface area contributed by atoms with Gasteiger partial charge >= 0.3 is 18.4 Å². The summed E-state index contributed by atoms with van der Waals surface area (Å²) in [5.74, 6) is -0.151. The van der Waals surface area contributed by atoms with Crippen molar-refractivity contribution < 1.29 is 28.2 Å². The maximum absolute atomic E-state index is 10.9. The minimum atomic E-state index is -1.29. The molecule has 0 amide bonds. The predicted molar refractivity (Wildman–Crippen MR) is 49.2 cm³/mol. The molecule has 1 aromatic rings. The van der Waals surface area contributed by atoms with Crippen molar-refractivity contribution in [1.29, 1.82) is 0 Å². The first-order valence-corrected chi connectivity index (χ1v) is 4.37. The van der Waals surface area contributed by atoms with Crippen molar-refractivity contribution in [2.45, 2.75) is 20.1 Å². The molecule has 0 saturated heterocycles. The van der Waals surface area contributed by atoms with Crippen molar-refractivity contribution in [2.24, 2.45) is 0 Å². The van der Waals surface area contributed by atoms with Gasteiger partial charge in [0.15, 0.2) is 5.89 Å². The van der Waals surface area contributed by atoms with E-state index >= 15 is 0 Å². The summed E-state index contributed by atoms with van der Waals surface area (Å²) >= 11 is 0. The van der Waals surface area contributed by atoms with Gasteiger partial charge in [-0.05, 0) is 0 Å². The number of rotatable bonds is 3. The van der Waals surface area contributed by atoms with E-state index in [1.165, 1.54) is 13.1 Å². The Labute approximate surface area is 91.3 Å². The second kappa shape index (κ2) is 5.15. The van der Waals surface area contributed by atoms with Gasteiger partial charge in [-0.3, -0.25) is 4.79 Å². The van der Waals surface area contributed by atoms with Crippen LogP contribution in [0.25, 0.3) is 0 Å². The molecule has 0 aromatic carbocycles. The van der Waals surface area contributed by atoms with Crippen molar-refractivity contribution in [1.82, 2.24) is 4.98 Å². The fraction of sp³-hybridized carbons (Fsp3) is 0.444. The second-order valence-electron chi connectivity index (χ2n) is 2.79. The van der Waals surface area contributed by atoms with Crippen molar-refractivity contribution in [3.05, 3.63) is 17.8 Å². The van der Waals surface area contributed by atoms with Crippen molar-refractivity contribution in [3.63, 3.8) is 0 Å². The van der Waals surface area contributed by atoms with Crippen molar-refractivity contribution >= 4 is 12.1 Å². The number of hydrogen-bond donors (Lipinski definition) is 0. The predicted octanol–water partition coefficient (Wildman–Crippen LogP) is 1.33. The second-order valence-corrected chi connectivity index (χ2v) is 2.79. The van der Waals surface area contributed by atoms with E-state index in [1.54, 1.807) is 6.92 Å². The first-order chi connectivity index (χ1) is 7.52. The number of carbonyl (C=O) groups excluding carboxylic acids is 2. The number of carbonyl (C=O) groups is 2. The van der Waals surface area contributed by atoms with Gasteiger partial charge in [-0.1, -0.05) is 0 Å². The third-order valence-electron chi connectivity index (χ3n) is 1.51. The summed E-state index contributed by atoms with van der Waals surface area (Å²) in [4.78, 5) is 25.5. The van der Waals surface area contributed by atoms with Crippen LogP contribution in [0.5, 0.6) is 0 Å². The zero-order valence-electron chi connectivity index (χ0n) is 9.05. The molecule has 1 unspecified atom stereocenters. The summed E-state index contributed by atoms with van der Waals surface area (Å²) in [6.45, 7) is 2.78. The van der Waals surface area contributed by atoms with Gasteiger partial charge in [-0.2, -0.15) is 0 Å². The Kier molecular flexibility index (Phi) is 3.87. The van der Waals surface area contributed by atoms with Crippen LogP contribution in [0.1, 0.15) is 24.9 Å². The van der Waals surface area contributed by atoms with Crippen LogP contribution in [0.4, 0.5) is 4.79 Å². The van der Waals surface area contributed by atoms with Crippen molar-refractivity contribution in [2.75, 3.05) is 7.11 Å². The largest absolute Gasteiger partial charge is 0.511 e. The average Bonchev–Trinajstić information content (AvgIpc) is 2.63. The van der Waals surface area contributed by atoms with E-state index in [9.17, 15) is 9.59 Å². The number of hydrogen-bond acceptors (Lipinski definition) is 7. The lowest BCUT2D eigenvalue weighted by Gasteiger charge is -2.13. The molecule has 1 heterocycles. The quantitative estimate of drug-likeness (QED) is 0.570. The molecular formula is C9H11NO6. The zero-order chi connectivity index (χ0) is 12.1. The van der Waals surface area contributed by atoms with Crippen LogP contribution in [0, 0.1) is 6.92 Å². The SMILES string of the molecule is COC(=O)OC(OC(C)=O)c1cnc(C)o1. The third-order valence-corrected chi connectivity index (χ3v) is 1.51. The summed E-state index contributed by atoms with van der Waals surface area (Å²) in [6.07, 6.45) is -0.974. The summed E-state index contributed by atoms with van der Waals surface area (Å²) < 4.78 is 18.7. The Balaban J connectivity index is 2.78. The third kappa shape index (κ3) is 3.26. The first kappa shape index (κ1) is 12.0. The fourth-order valence-electron chi connectivity index (χ4n) is 0.913. The Morgan fingerprint density at radius 1 is 1.44 bits per heavy atom. The summed E-state index contributed by atoms with van der Waals surface area (Å²) in [7, 11) is 1.14. The standard InChI is InChI=1S/C9H11NO6/c1-5-10-4-7(14-5)8(15-6(2)11)16-9(12)13-3/h4,8H,1-3H3. The lowest BCUT2D eigenvalue weighted by atomic mass is 10.5. The fourth-order valence-corrected chi connectivity index (χ4v) is 0.913. The van der Waals surface area contributed by atoms with E-state index in [0.717, 1.165) is 7.11 Å². The molecule has 7 nitrogen and oxygen atoms in total. The highest BCUT2D eigenvalue weighted by Gasteiger charge is 2.24. The maximum atomic E-state index is 10.9. The molecule has 1 aromatic heterocycles. The van der Waals surface area contributed by atoms with E-state index in [0.29, 0.717) is 5.89 Å². The first-order valence-electron chi connectivity index (χ1n) is 4.37. The van der Waals surface area contributed by atoms with E-state index in [-0.39, 0.29) is 5.76 Å². The van der Waals surface area contributed by atoms with E-state index in [1.807, 2.05) is 0 Å². The van der Waals surface area contributed by atoms with Gasteiger partial charge in [-0.25, -0.2) is 9.78 Å². The molecule has 7 heteroatoms. The minimum Gasteiger partial charge on any atom is -0.438 e. The van der Waals surface area contributed by atoms with Crippen LogP contribution in [0.3, 0.4) is 0 Å². The minimum absolute atomic E-state index is 0.109. The van der Waals surface area contributed by atoms with Gasteiger partial charge in [0.1, 0.15) is 0 Å². The number of methoxy groups -OCH3 is 1. The molecule has 0 aliphatic carbocycles. The Bertz CT molecular complexity index is 385. The Morgan fingerprint density at radius 3 is 2.56 bits per heavy atom. The van der Waals surface area contributed by atoms with Gasteiger partial charge in [0.2, 0.25) is 5.76 Å². The van der Waals surface area contributed by atoms with Gasteiger partial charge < -0.3 is 18.6 Å². The molecule has 1 rings (SSSR count). The van der Waals surface area contributed by atoms with Gasteiger partial charge in [0.25, 0.3) is 0 Å². The molecule has 0 spiro atoms. The Hall–Kier alpha value is -2.05. The molecule has 0 aliphatic rings. The van der Waals surface area contributed by atoms with Crippen LogP contribution >= 0.6 is 0 Å². The van der Waals surface area contributed by atoms with E-state index in [4.69, 9.17) is 9.15 Å². The molecule has 1 atom stereocenters. The van der Waals surface area contributed by atoms with Crippen LogP contribution in [0.15, 0.2) is 10.6 Å². The summed E-state index contributed by atoms with van der Waals surface area (Å²) in [5.41, 5.74) is 0. The van der Waals surface area contributed by atoms with Crippen molar-refractivity contribution in [3.8, 4) is 0 Å². The number of nitrogens with zero attached hydrogens (tertiary/aromatic N) is 1. The van der Waals surface area contributed by atoms with Crippen LogP contribution in [-0.4, -0.2) is 24.2 Å². The number of aryl methyl sites for hydroxylation is 1. The molecule has 88 valence electrons. The summed E-state index contributed by atoms with van der Waals surface area (Å²) in [5, 5.41) is 0. The van der Waals surface area contributed by atoms with Crippen LogP contribution in [-0.2, 0) is 19.0 Å². The molecule has 0 fully saturated rings. The molecule has 0 aliphatic heterocycles. The molecule has 0 saturated carbocycles.